The summed E-state index contributed by atoms with van der Waals surface area (Å²) in [7, 11) is 1.53. The highest BCUT2D eigenvalue weighted by atomic mass is 16.5. The monoisotopic (exact) mass is 251 g/mol. The molecule has 0 aliphatic rings. The van der Waals surface area contributed by atoms with Gasteiger partial charge in [-0.05, 0) is 24.6 Å². The van der Waals surface area contributed by atoms with Gasteiger partial charge in [-0.25, -0.2) is 4.79 Å². The number of carboxylic acid groups (broad SMARTS) is 1. The molecule has 0 aromatic heterocycles. The van der Waals surface area contributed by atoms with Crippen LogP contribution in [-0.4, -0.2) is 30.7 Å². The normalized spacial score (nSPS) is 11.9. The molecule has 5 heteroatoms. The number of ether oxygens (including phenoxy) is 1. The zero-order chi connectivity index (χ0) is 13.7. The predicted octanol–water partition coefficient (Wildman–Crippen LogP) is 1.91. The summed E-state index contributed by atoms with van der Waals surface area (Å²) in [6.07, 6.45) is 0. The fourth-order valence-electron chi connectivity index (χ4n) is 1.47. The van der Waals surface area contributed by atoms with E-state index in [-0.39, 0.29) is 17.4 Å². The van der Waals surface area contributed by atoms with E-state index in [2.05, 4.69) is 5.32 Å². The SMILES string of the molecule is COCC(C)C(=O)Nc1cc(C(=O)O)ccc1C. The largest absolute Gasteiger partial charge is 0.478 e. The first-order chi connectivity index (χ1) is 8.45. The lowest BCUT2D eigenvalue weighted by atomic mass is 10.1. The maximum Gasteiger partial charge on any atom is 0.335 e. The zero-order valence-corrected chi connectivity index (χ0v) is 10.7. The number of carbonyl (C=O) groups excluding carboxylic acids is 1. The molecule has 5 nitrogen and oxygen atoms in total. The van der Waals surface area contributed by atoms with Crippen LogP contribution in [0.15, 0.2) is 18.2 Å². The number of carboxylic acids is 1. The summed E-state index contributed by atoms with van der Waals surface area (Å²) < 4.78 is 4.90. The molecule has 0 radical (unpaired) electrons. The molecule has 98 valence electrons. The number of nitrogens with one attached hydrogen (secondary N) is 1. The minimum atomic E-state index is -1.02. The number of rotatable bonds is 5. The van der Waals surface area contributed by atoms with Crippen LogP contribution < -0.4 is 5.32 Å². The quantitative estimate of drug-likeness (QED) is 0.838. The standard InChI is InChI=1S/C13H17NO4/c1-8-4-5-10(13(16)17)6-11(8)14-12(15)9(2)7-18-3/h4-6,9H,7H2,1-3H3,(H,14,15)(H,16,17). The molecule has 1 rings (SSSR count). The van der Waals surface area contributed by atoms with Gasteiger partial charge in [0.2, 0.25) is 5.91 Å². The van der Waals surface area contributed by atoms with Gasteiger partial charge < -0.3 is 15.2 Å². The van der Waals surface area contributed by atoms with Crippen molar-refractivity contribution in [2.24, 2.45) is 5.92 Å². The Morgan fingerprint density at radius 2 is 2.11 bits per heavy atom. The van der Waals surface area contributed by atoms with E-state index in [4.69, 9.17) is 9.84 Å². The maximum atomic E-state index is 11.8. The van der Waals surface area contributed by atoms with Crippen molar-refractivity contribution < 1.29 is 19.4 Å². The van der Waals surface area contributed by atoms with Crippen molar-refractivity contribution in [1.29, 1.82) is 0 Å². The Hall–Kier alpha value is -1.88. The fraction of sp³-hybridized carbons (Fsp3) is 0.385. The number of hydrogen-bond acceptors (Lipinski definition) is 3. The van der Waals surface area contributed by atoms with Crippen molar-refractivity contribution in [3.8, 4) is 0 Å². The lowest BCUT2D eigenvalue weighted by Crippen LogP contribution is -2.24. The van der Waals surface area contributed by atoms with Crippen LogP contribution in [0, 0.1) is 12.8 Å². The van der Waals surface area contributed by atoms with E-state index < -0.39 is 5.97 Å². The first-order valence-electron chi connectivity index (χ1n) is 5.59. The number of aryl methyl sites for hydroxylation is 1. The third-order valence-corrected chi connectivity index (χ3v) is 2.61. The minimum Gasteiger partial charge on any atom is -0.478 e. The van der Waals surface area contributed by atoms with Crippen LogP contribution >= 0.6 is 0 Å². The van der Waals surface area contributed by atoms with Gasteiger partial charge in [-0.3, -0.25) is 4.79 Å². The predicted molar refractivity (Wildman–Crippen MR) is 67.8 cm³/mol. The van der Waals surface area contributed by atoms with Crippen molar-refractivity contribution >= 4 is 17.6 Å². The Balaban J connectivity index is 2.86. The summed E-state index contributed by atoms with van der Waals surface area (Å²) in [6.45, 7) is 3.88. The number of benzene rings is 1. The third-order valence-electron chi connectivity index (χ3n) is 2.61. The van der Waals surface area contributed by atoms with Crippen LogP contribution in [0.25, 0.3) is 0 Å². The van der Waals surface area contributed by atoms with Gasteiger partial charge in [-0.2, -0.15) is 0 Å². The molecular weight excluding hydrogens is 234 g/mol. The zero-order valence-electron chi connectivity index (χ0n) is 10.7. The Kier molecular flexibility index (Phi) is 4.85. The second-order valence-electron chi connectivity index (χ2n) is 4.18. The molecule has 0 aliphatic heterocycles. The molecule has 18 heavy (non-hydrogen) atoms. The molecule has 0 bridgehead atoms. The van der Waals surface area contributed by atoms with Gasteiger partial charge in [0.25, 0.3) is 0 Å². The van der Waals surface area contributed by atoms with E-state index >= 15 is 0 Å². The summed E-state index contributed by atoms with van der Waals surface area (Å²) in [6, 6.07) is 4.63. The number of methoxy groups -OCH3 is 1. The molecule has 1 amide bonds. The molecule has 0 aliphatic carbocycles. The van der Waals surface area contributed by atoms with E-state index in [0.717, 1.165) is 5.56 Å². The fourth-order valence-corrected chi connectivity index (χ4v) is 1.47. The number of anilines is 1. The Bertz CT molecular complexity index is 456. The lowest BCUT2D eigenvalue weighted by molar-refractivity contribution is -0.120. The average Bonchev–Trinajstić information content (AvgIpc) is 2.31. The second-order valence-corrected chi connectivity index (χ2v) is 4.18. The van der Waals surface area contributed by atoms with Gasteiger partial charge in [0.15, 0.2) is 0 Å². The van der Waals surface area contributed by atoms with Crippen LogP contribution in [0.3, 0.4) is 0 Å². The van der Waals surface area contributed by atoms with E-state index in [1.54, 1.807) is 13.0 Å². The van der Waals surface area contributed by atoms with Gasteiger partial charge in [-0.15, -0.1) is 0 Å². The molecule has 1 atom stereocenters. The highest BCUT2D eigenvalue weighted by molar-refractivity contribution is 5.95. The van der Waals surface area contributed by atoms with Crippen molar-refractivity contribution in [3.05, 3.63) is 29.3 Å². The second kappa shape index (κ2) is 6.16. The van der Waals surface area contributed by atoms with E-state index in [9.17, 15) is 9.59 Å². The molecular formula is C13H17NO4. The summed E-state index contributed by atoms with van der Waals surface area (Å²) >= 11 is 0. The maximum absolute atomic E-state index is 11.8. The van der Waals surface area contributed by atoms with E-state index in [1.807, 2.05) is 6.92 Å². The molecule has 2 N–H and O–H groups in total. The molecule has 0 spiro atoms. The Morgan fingerprint density at radius 1 is 1.44 bits per heavy atom. The van der Waals surface area contributed by atoms with Crippen LogP contribution in [0.1, 0.15) is 22.8 Å². The van der Waals surface area contributed by atoms with E-state index in [1.165, 1.54) is 19.2 Å². The first-order valence-corrected chi connectivity index (χ1v) is 5.59. The number of amides is 1. The highest BCUT2D eigenvalue weighted by Gasteiger charge is 2.14. The third kappa shape index (κ3) is 3.56. The van der Waals surface area contributed by atoms with E-state index in [0.29, 0.717) is 12.3 Å². The highest BCUT2D eigenvalue weighted by Crippen LogP contribution is 2.18. The molecule has 0 saturated heterocycles. The van der Waals surface area contributed by atoms with Crippen LogP contribution in [-0.2, 0) is 9.53 Å². The Morgan fingerprint density at radius 3 is 2.67 bits per heavy atom. The average molecular weight is 251 g/mol. The van der Waals surface area contributed by atoms with Crippen molar-refractivity contribution in [1.82, 2.24) is 0 Å². The lowest BCUT2D eigenvalue weighted by Gasteiger charge is -2.13. The molecule has 0 heterocycles. The van der Waals surface area contributed by atoms with Gasteiger partial charge >= 0.3 is 5.97 Å². The first kappa shape index (κ1) is 14.2. The molecule has 1 unspecified atom stereocenters. The van der Waals surface area contributed by atoms with Gasteiger partial charge in [-0.1, -0.05) is 13.0 Å². The van der Waals surface area contributed by atoms with Crippen LogP contribution in [0.5, 0.6) is 0 Å². The molecule has 1 aromatic rings. The minimum absolute atomic E-state index is 0.148. The Labute approximate surface area is 106 Å². The van der Waals surface area contributed by atoms with Crippen LogP contribution in [0.2, 0.25) is 0 Å². The smallest absolute Gasteiger partial charge is 0.335 e. The number of carbonyl (C=O) groups is 2. The summed E-state index contributed by atoms with van der Waals surface area (Å²) in [5.41, 5.74) is 1.48. The number of hydrogen-bond donors (Lipinski definition) is 2. The number of aromatic carboxylic acids is 1. The summed E-state index contributed by atoms with van der Waals surface area (Å²) in [5.74, 6) is -1.50. The molecule has 0 saturated carbocycles. The topological polar surface area (TPSA) is 75.6 Å². The molecule has 0 fully saturated rings. The van der Waals surface area contributed by atoms with Gasteiger partial charge in [0.1, 0.15) is 0 Å². The summed E-state index contributed by atoms with van der Waals surface area (Å²) in [4.78, 5) is 22.7. The summed E-state index contributed by atoms with van der Waals surface area (Å²) in [5, 5.41) is 11.6. The van der Waals surface area contributed by atoms with Gasteiger partial charge in [0, 0.05) is 12.8 Å². The molecule has 1 aromatic carbocycles. The van der Waals surface area contributed by atoms with Crippen molar-refractivity contribution in [2.45, 2.75) is 13.8 Å². The van der Waals surface area contributed by atoms with Crippen LogP contribution in [0.4, 0.5) is 5.69 Å². The van der Waals surface area contributed by atoms with Crippen molar-refractivity contribution in [3.63, 3.8) is 0 Å². The van der Waals surface area contributed by atoms with Crippen molar-refractivity contribution in [2.75, 3.05) is 19.0 Å². The van der Waals surface area contributed by atoms with Gasteiger partial charge in [0.05, 0.1) is 18.1 Å².